The van der Waals surface area contributed by atoms with Crippen molar-refractivity contribution in [3.8, 4) is 0 Å². The van der Waals surface area contributed by atoms with Gasteiger partial charge in [-0.05, 0) is 60.5 Å². The summed E-state index contributed by atoms with van der Waals surface area (Å²) >= 11 is 0. The van der Waals surface area contributed by atoms with Gasteiger partial charge in [0.1, 0.15) is 0 Å². The first-order valence-electron chi connectivity index (χ1n) is 9.49. The maximum absolute atomic E-state index is 10.8. The highest BCUT2D eigenvalue weighted by atomic mass is 16.4. The highest BCUT2D eigenvalue weighted by Gasteiger charge is 2.51. The van der Waals surface area contributed by atoms with E-state index >= 15 is 0 Å². The second-order valence-corrected chi connectivity index (χ2v) is 9.84. The molecule has 0 saturated heterocycles. The fourth-order valence-electron chi connectivity index (χ4n) is 5.36. The smallest absolute Gasteiger partial charge is 0.328 e. The zero-order chi connectivity index (χ0) is 18.6. The molecule has 0 aromatic rings. The van der Waals surface area contributed by atoms with Crippen LogP contribution in [0.2, 0.25) is 0 Å². The SMILES string of the molecule is CC(=CC(=O)O)C=C1C=CC2(C1)CC1=C(C2)C(C)(C)C(C)CC1(C)C. The lowest BCUT2D eigenvalue weighted by Crippen LogP contribution is -2.35. The monoisotopic (exact) mass is 340 g/mol. The van der Waals surface area contributed by atoms with Crippen molar-refractivity contribution < 1.29 is 9.90 Å². The van der Waals surface area contributed by atoms with Gasteiger partial charge in [-0.25, -0.2) is 4.79 Å². The van der Waals surface area contributed by atoms with Crippen molar-refractivity contribution in [2.75, 3.05) is 0 Å². The number of rotatable bonds is 2. The highest BCUT2D eigenvalue weighted by molar-refractivity contribution is 5.81. The van der Waals surface area contributed by atoms with Gasteiger partial charge in [-0.15, -0.1) is 0 Å². The molecule has 1 N–H and O–H groups in total. The minimum atomic E-state index is -0.874. The Morgan fingerprint density at radius 1 is 1.16 bits per heavy atom. The Kier molecular flexibility index (Phi) is 4.17. The fourth-order valence-corrected chi connectivity index (χ4v) is 5.36. The summed E-state index contributed by atoms with van der Waals surface area (Å²) in [7, 11) is 0. The number of hydrogen-bond donors (Lipinski definition) is 1. The van der Waals surface area contributed by atoms with E-state index in [4.69, 9.17) is 5.11 Å². The van der Waals surface area contributed by atoms with E-state index in [1.807, 2.05) is 13.0 Å². The summed E-state index contributed by atoms with van der Waals surface area (Å²) in [4.78, 5) is 10.8. The minimum Gasteiger partial charge on any atom is -0.478 e. The van der Waals surface area contributed by atoms with Crippen LogP contribution in [0.1, 0.15) is 67.2 Å². The van der Waals surface area contributed by atoms with Crippen molar-refractivity contribution in [2.24, 2.45) is 22.2 Å². The van der Waals surface area contributed by atoms with Gasteiger partial charge in [-0.2, -0.15) is 0 Å². The third-order valence-electron chi connectivity index (χ3n) is 7.04. The molecule has 0 radical (unpaired) electrons. The molecular weight excluding hydrogens is 308 g/mol. The molecule has 1 spiro atoms. The normalized spacial score (nSPS) is 34.9. The third kappa shape index (κ3) is 3.16. The van der Waals surface area contributed by atoms with Gasteiger partial charge in [-0.3, -0.25) is 0 Å². The van der Waals surface area contributed by atoms with Crippen LogP contribution in [0.4, 0.5) is 0 Å². The molecule has 0 fully saturated rings. The van der Waals surface area contributed by atoms with E-state index in [-0.39, 0.29) is 10.8 Å². The molecule has 25 heavy (non-hydrogen) atoms. The van der Waals surface area contributed by atoms with Crippen LogP contribution in [0.25, 0.3) is 0 Å². The van der Waals surface area contributed by atoms with Crippen LogP contribution in [0, 0.1) is 22.2 Å². The third-order valence-corrected chi connectivity index (χ3v) is 7.04. The zero-order valence-electron chi connectivity index (χ0n) is 16.6. The zero-order valence-corrected chi connectivity index (χ0v) is 16.6. The van der Waals surface area contributed by atoms with Gasteiger partial charge in [-0.1, -0.05) is 64.0 Å². The molecule has 0 aliphatic heterocycles. The second kappa shape index (κ2) is 5.72. The first-order valence-corrected chi connectivity index (χ1v) is 9.49. The Balaban J connectivity index is 1.87. The minimum absolute atomic E-state index is 0.221. The Morgan fingerprint density at radius 2 is 1.80 bits per heavy atom. The van der Waals surface area contributed by atoms with Crippen molar-refractivity contribution in [1.82, 2.24) is 0 Å². The number of carbonyl (C=O) groups is 1. The van der Waals surface area contributed by atoms with Crippen molar-refractivity contribution in [3.05, 3.63) is 46.6 Å². The number of allylic oxidation sites excluding steroid dienone is 7. The van der Waals surface area contributed by atoms with Crippen LogP contribution < -0.4 is 0 Å². The predicted octanol–water partition coefficient (Wildman–Crippen LogP) is 6.07. The molecule has 2 unspecified atom stereocenters. The molecule has 0 amide bonds. The quantitative estimate of drug-likeness (QED) is 0.489. The molecule has 0 bridgehead atoms. The lowest BCUT2D eigenvalue weighted by molar-refractivity contribution is -0.131. The first kappa shape index (κ1) is 18.2. The highest BCUT2D eigenvalue weighted by Crippen LogP contribution is 2.64. The van der Waals surface area contributed by atoms with Crippen LogP contribution >= 0.6 is 0 Å². The Bertz CT molecular complexity index is 727. The van der Waals surface area contributed by atoms with Gasteiger partial charge >= 0.3 is 5.97 Å². The maximum Gasteiger partial charge on any atom is 0.328 e. The molecule has 3 aliphatic rings. The lowest BCUT2D eigenvalue weighted by atomic mass is 9.59. The van der Waals surface area contributed by atoms with E-state index in [0.29, 0.717) is 11.3 Å². The molecule has 0 aromatic carbocycles. The van der Waals surface area contributed by atoms with Gasteiger partial charge in [0.25, 0.3) is 0 Å². The van der Waals surface area contributed by atoms with Gasteiger partial charge in [0.2, 0.25) is 0 Å². The summed E-state index contributed by atoms with van der Waals surface area (Å²) in [6, 6.07) is 0. The second-order valence-electron chi connectivity index (χ2n) is 9.84. The van der Waals surface area contributed by atoms with Crippen molar-refractivity contribution in [2.45, 2.75) is 67.2 Å². The Labute approximate surface area is 152 Å². The molecule has 3 rings (SSSR count). The van der Waals surface area contributed by atoms with Gasteiger partial charge in [0.05, 0.1) is 0 Å². The van der Waals surface area contributed by atoms with Crippen molar-refractivity contribution >= 4 is 5.97 Å². The topological polar surface area (TPSA) is 37.3 Å². The van der Waals surface area contributed by atoms with E-state index in [0.717, 1.165) is 12.0 Å². The molecular formula is C23H32O2. The molecule has 0 saturated carbocycles. The largest absolute Gasteiger partial charge is 0.478 e. The summed E-state index contributed by atoms with van der Waals surface area (Å²) in [5, 5.41) is 8.91. The first-order chi connectivity index (χ1) is 11.5. The van der Waals surface area contributed by atoms with Crippen molar-refractivity contribution in [3.63, 3.8) is 0 Å². The van der Waals surface area contributed by atoms with Crippen LogP contribution in [-0.2, 0) is 4.79 Å². The molecule has 3 aliphatic carbocycles. The molecule has 2 atom stereocenters. The van der Waals surface area contributed by atoms with Gasteiger partial charge < -0.3 is 5.11 Å². The van der Waals surface area contributed by atoms with Crippen LogP contribution in [0.15, 0.2) is 46.6 Å². The molecule has 136 valence electrons. The van der Waals surface area contributed by atoms with E-state index in [1.165, 1.54) is 30.9 Å². The van der Waals surface area contributed by atoms with E-state index in [1.54, 1.807) is 11.1 Å². The maximum atomic E-state index is 10.8. The molecule has 2 nitrogen and oxygen atoms in total. The van der Waals surface area contributed by atoms with Crippen LogP contribution in [0.3, 0.4) is 0 Å². The summed E-state index contributed by atoms with van der Waals surface area (Å²) in [5.41, 5.74) is 6.27. The average molecular weight is 341 g/mol. The lowest BCUT2D eigenvalue weighted by Gasteiger charge is -2.46. The van der Waals surface area contributed by atoms with E-state index < -0.39 is 5.97 Å². The molecule has 2 heteroatoms. The summed E-state index contributed by atoms with van der Waals surface area (Å²) in [5.74, 6) is -0.168. The predicted molar refractivity (Wildman–Crippen MR) is 103 cm³/mol. The standard InChI is InChI=1S/C23H32O2/c1-15(10-20(24)25)9-17-7-8-23(12-17)13-18-19(14-23)22(5,6)16(2)11-21(18,3)4/h7-10,16H,11-14H2,1-6H3,(H,24,25). The number of carboxylic acid groups (broad SMARTS) is 1. The van der Waals surface area contributed by atoms with E-state index in [9.17, 15) is 4.79 Å². The Hall–Kier alpha value is -1.57. The van der Waals surface area contributed by atoms with Gasteiger partial charge in [0, 0.05) is 11.5 Å². The van der Waals surface area contributed by atoms with Gasteiger partial charge in [0.15, 0.2) is 0 Å². The summed E-state index contributed by atoms with van der Waals surface area (Å²) in [6.07, 6.45) is 12.6. The fraction of sp³-hybridized carbons (Fsp3) is 0.609. The van der Waals surface area contributed by atoms with E-state index in [2.05, 4.69) is 46.8 Å². The molecule has 0 aromatic heterocycles. The van der Waals surface area contributed by atoms with Crippen LogP contribution in [0.5, 0.6) is 0 Å². The average Bonchev–Trinajstić information content (AvgIpc) is 3.02. The Morgan fingerprint density at radius 3 is 2.44 bits per heavy atom. The molecule has 0 heterocycles. The summed E-state index contributed by atoms with van der Waals surface area (Å²) in [6.45, 7) is 14.0. The number of carboxylic acids is 1. The summed E-state index contributed by atoms with van der Waals surface area (Å²) < 4.78 is 0. The van der Waals surface area contributed by atoms with Crippen LogP contribution in [-0.4, -0.2) is 11.1 Å². The van der Waals surface area contributed by atoms with Crippen molar-refractivity contribution in [1.29, 1.82) is 0 Å². The number of hydrogen-bond acceptors (Lipinski definition) is 1. The number of aliphatic carboxylic acids is 1.